The van der Waals surface area contributed by atoms with E-state index in [1.165, 1.54) is 64.2 Å². The van der Waals surface area contributed by atoms with Crippen molar-refractivity contribution in [2.24, 2.45) is 0 Å². The summed E-state index contributed by atoms with van der Waals surface area (Å²) >= 11 is 5.93. The molecule has 4 heteroatoms. The van der Waals surface area contributed by atoms with Crippen molar-refractivity contribution in [2.45, 2.75) is 104 Å². The molecule has 0 amide bonds. The van der Waals surface area contributed by atoms with Crippen LogP contribution in [0.5, 0.6) is 5.75 Å². The quantitative estimate of drug-likeness (QED) is 0.176. The molecule has 0 aliphatic carbocycles. The number of benzene rings is 1. The highest BCUT2D eigenvalue weighted by atomic mass is 35.5. The van der Waals surface area contributed by atoms with E-state index in [2.05, 4.69) is 6.92 Å². The summed E-state index contributed by atoms with van der Waals surface area (Å²) in [6.07, 6.45) is 16.8. The van der Waals surface area contributed by atoms with E-state index in [1.807, 2.05) is 25.1 Å². The Morgan fingerprint density at radius 2 is 1.41 bits per heavy atom. The molecule has 1 rings (SSSR count). The van der Waals surface area contributed by atoms with Gasteiger partial charge in [-0.3, -0.25) is 4.79 Å². The summed E-state index contributed by atoms with van der Waals surface area (Å²) in [4.78, 5) is 11.8. The number of hydrogen-bond acceptors (Lipinski definition) is 3. The summed E-state index contributed by atoms with van der Waals surface area (Å²) in [7, 11) is 0. The maximum atomic E-state index is 11.8. The lowest BCUT2D eigenvalue weighted by molar-refractivity contribution is -0.144. The van der Waals surface area contributed by atoms with Crippen LogP contribution in [0.3, 0.4) is 0 Å². The number of halogens is 1. The maximum Gasteiger partial charge on any atom is 0.305 e. The third-order valence-electron chi connectivity index (χ3n) is 5.18. The first-order chi connectivity index (χ1) is 14.1. The number of unbranched alkanes of at least 4 members (excludes halogenated alkanes) is 11. The van der Waals surface area contributed by atoms with Crippen LogP contribution < -0.4 is 4.74 Å². The third kappa shape index (κ3) is 14.4. The molecule has 0 aliphatic rings. The van der Waals surface area contributed by atoms with Gasteiger partial charge in [0.05, 0.1) is 13.2 Å². The van der Waals surface area contributed by atoms with Crippen LogP contribution >= 0.6 is 11.6 Å². The minimum atomic E-state index is -0.121. The maximum absolute atomic E-state index is 11.8. The molecule has 1 aromatic rings. The molecule has 29 heavy (non-hydrogen) atoms. The summed E-state index contributed by atoms with van der Waals surface area (Å²) in [5.41, 5.74) is 1.01. The fourth-order valence-corrected chi connectivity index (χ4v) is 3.60. The van der Waals surface area contributed by atoms with Crippen molar-refractivity contribution in [1.29, 1.82) is 0 Å². The van der Waals surface area contributed by atoms with Crippen molar-refractivity contribution >= 4 is 17.6 Å². The third-order valence-corrected chi connectivity index (χ3v) is 5.42. The normalized spacial score (nSPS) is 10.9. The van der Waals surface area contributed by atoms with Gasteiger partial charge >= 0.3 is 5.97 Å². The standard InChI is InChI=1S/C25H41ClO3/c1-3-4-5-6-7-8-9-10-11-12-13-14-19-29-25(27)16-15-20-28-24-18-17-23(26)21-22(24)2/h17-18,21H,3-16,19-20H2,1-2H3. The molecule has 0 aliphatic heterocycles. The van der Waals surface area contributed by atoms with Crippen LogP contribution in [0.1, 0.15) is 102 Å². The lowest BCUT2D eigenvalue weighted by Gasteiger charge is -2.09. The highest BCUT2D eigenvalue weighted by molar-refractivity contribution is 6.30. The SMILES string of the molecule is CCCCCCCCCCCCCCOC(=O)CCCOc1ccc(Cl)cc1C. The zero-order chi connectivity index (χ0) is 21.2. The Bertz CT molecular complexity index is 545. The van der Waals surface area contributed by atoms with Gasteiger partial charge in [-0.15, -0.1) is 0 Å². The molecule has 0 aromatic heterocycles. The van der Waals surface area contributed by atoms with Gasteiger partial charge in [0.1, 0.15) is 5.75 Å². The van der Waals surface area contributed by atoms with E-state index in [9.17, 15) is 4.79 Å². The predicted octanol–water partition coefficient (Wildman–Crippen LogP) is 8.05. The van der Waals surface area contributed by atoms with Gasteiger partial charge in [0, 0.05) is 11.4 Å². The smallest absolute Gasteiger partial charge is 0.305 e. The molecule has 166 valence electrons. The van der Waals surface area contributed by atoms with Crippen LogP contribution in [-0.2, 0) is 9.53 Å². The first-order valence-corrected chi connectivity index (χ1v) is 12.1. The molecule has 0 saturated carbocycles. The van der Waals surface area contributed by atoms with Gasteiger partial charge in [0.25, 0.3) is 0 Å². The largest absolute Gasteiger partial charge is 0.493 e. The lowest BCUT2D eigenvalue weighted by atomic mass is 10.1. The molecular weight excluding hydrogens is 384 g/mol. The van der Waals surface area contributed by atoms with Crippen LogP contribution in [0.15, 0.2) is 18.2 Å². The second-order valence-electron chi connectivity index (χ2n) is 7.97. The molecule has 0 N–H and O–H groups in total. The molecule has 3 nitrogen and oxygen atoms in total. The molecule has 0 unspecified atom stereocenters. The van der Waals surface area contributed by atoms with Crippen molar-refractivity contribution in [3.05, 3.63) is 28.8 Å². The average Bonchev–Trinajstić information content (AvgIpc) is 2.70. The van der Waals surface area contributed by atoms with Crippen molar-refractivity contribution in [1.82, 2.24) is 0 Å². The molecule has 0 bridgehead atoms. The van der Waals surface area contributed by atoms with Gasteiger partial charge in [0.2, 0.25) is 0 Å². The van der Waals surface area contributed by atoms with Crippen LogP contribution in [0.4, 0.5) is 0 Å². The van der Waals surface area contributed by atoms with Crippen molar-refractivity contribution in [3.8, 4) is 5.75 Å². The van der Waals surface area contributed by atoms with Crippen LogP contribution in [0.2, 0.25) is 5.02 Å². The zero-order valence-electron chi connectivity index (χ0n) is 18.6. The topological polar surface area (TPSA) is 35.5 Å². The number of hydrogen-bond donors (Lipinski definition) is 0. The molecule has 0 spiro atoms. The minimum absolute atomic E-state index is 0.121. The predicted molar refractivity (Wildman–Crippen MR) is 123 cm³/mol. The van der Waals surface area contributed by atoms with Crippen molar-refractivity contribution in [3.63, 3.8) is 0 Å². The first-order valence-electron chi connectivity index (χ1n) is 11.7. The van der Waals surface area contributed by atoms with Gasteiger partial charge in [-0.25, -0.2) is 0 Å². The van der Waals surface area contributed by atoms with E-state index in [-0.39, 0.29) is 5.97 Å². The Labute approximate surface area is 183 Å². The minimum Gasteiger partial charge on any atom is -0.493 e. The average molecular weight is 425 g/mol. The Balaban J connectivity index is 1.86. The van der Waals surface area contributed by atoms with E-state index < -0.39 is 0 Å². The second kappa shape index (κ2) is 17.6. The van der Waals surface area contributed by atoms with E-state index >= 15 is 0 Å². The first kappa shape index (κ1) is 25.8. The molecule has 0 fully saturated rings. The summed E-state index contributed by atoms with van der Waals surface area (Å²) in [6.45, 7) is 5.29. The lowest BCUT2D eigenvalue weighted by Crippen LogP contribution is -2.08. The summed E-state index contributed by atoms with van der Waals surface area (Å²) < 4.78 is 11.0. The number of rotatable bonds is 18. The number of carbonyl (C=O) groups is 1. The van der Waals surface area contributed by atoms with E-state index in [0.29, 0.717) is 31.1 Å². The Hall–Kier alpha value is -1.22. The van der Waals surface area contributed by atoms with Gasteiger partial charge in [0.15, 0.2) is 0 Å². The zero-order valence-corrected chi connectivity index (χ0v) is 19.4. The fourth-order valence-electron chi connectivity index (χ4n) is 3.37. The second-order valence-corrected chi connectivity index (χ2v) is 8.41. The monoisotopic (exact) mass is 424 g/mol. The Morgan fingerprint density at radius 1 is 0.828 bits per heavy atom. The van der Waals surface area contributed by atoms with Gasteiger partial charge in [-0.05, 0) is 43.5 Å². The number of aryl methyl sites for hydroxylation is 1. The molecule has 0 heterocycles. The molecular formula is C25H41ClO3. The van der Waals surface area contributed by atoms with Crippen molar-refractivity contribution in [2.75, 3.05) is 13.2 Å². The highest BCUT2D eigenvalue weighted by Crippen LogP contribution is 2.22. The summed E-state index contributed by atoms with van der Waals surface area (Å²) in [6, 6.07) is 5.55. The highest BCUT2D eigenvalue weighted by Gasteiger charge is 2.04. The summed E-state index contributed by atoms with van der Waals surface area (Å²) in [5.74, 6) is 0.698. The van der Waals surface area contributed by atoms with Gasteiger partial charge in [-0.1, -0.05) is 89.2 Å². The van der Waals surface area contributed by atoms with Crippen LogP contribution in [0.25, 0.3) is 0 Å². The molecule has 0 radical (unpaired) electrons. The molecule has 0 saturated heterocycles. The van der Waals surface area contributed by atoms with E-state index in [0.717, 1.165) is 24.2 Å². The Kier molecular flexibility index (Phi) is 15.7. The van der Waals surface area contributed by atoms with Gasteiger partial charge < -0.3 is 9.47 Å². The van der Waals surface area contributed by atoms with E-state index in [1.54, 1.807) is 0 Å². The number of esters is 1. The van der Waals surface area contributed by atoms with Gasteiger partial charge in [-0.2, -0.15) is 0 Å². The number of carbonyl (C=O) groups excluding carboxylic acids is 1. The van der Waals surface area contributed by atoms with Crippen LogP contribution in [0, 0.1) is 6.92 Å². The van der Waals surface area contributed by atoms with Crippen LogP contribution in [-0.4, -0.2) is 19.2 Å². The number of ether oxygens (including phenoxy) is 2. The fraction of sp³-hybridized carbons (Fsp3) is 0.720. The Morgan fingerprint density at radius 3 is 2.00 bits per heavy atom. The molecule has 0 atom stereocenters. The summed E-state index contributed by atoms with van der Waals surface area (Å²) in [5, 5.41) is 0.705. The molecule has 1 aromatic carbocycles. The van der Waals surface area contributed by atoms with Crippen molar-refractivity contribution < 1.29 is 14.3 Å². The van der Waals surface area contributed by atoms with E-state index in [4.69, 9.17) is 21.1 Å².